The number of benzene rings is 8. The van der Waals surface area contributed by atoms with Crippen LogP contribution in [0.2, 0.25) is 0 Å². The number of pyridine rings is 1. The molecule has 12 aromatic rings. The van der Waals surface area contributed by atoms with Gasteiger partial charge in [0.1, 0.15) is 0 Å². The zero-order valence-corrected chi connectivity index (χ0v) is 37.9. The van der Waals surface area contributed by atoms with Crippen LogP contribution in [0, 0.1) is 13.8 Å². The molecule has 0 aliphatic rings. The largest absolute Gasteiger partial charge is 0.309 e. The molecule has 0 saturated carbocycles. The van der Waals surface area contributed by atoms with E-state index in [1.165, 1.54) is 22.3 Å². The van der Waals surface area contributed by atoms with Gasteiger partial charge in [-0.15, -0.1) is 0 Å². The molecule has 0 aliphatic heterocycles. The van der Waals surface area contributed by atoms with Crippen LogP contribution in [0.25, 0.3) is 118 Å². The average Bonchev–Trinajstić information content (AvgIpc) is 3.74. The van der Waals surface area contributed by atoms with Crippen LogP contribution in [0.15, 0.2) is 219 Å². The fraction of sp³-hybridized carbons (Fsp3) is 0.0328. The second kappa shape index (κ2) is 17.5. The fourth-order valence-corrected chi connectivity index (χ4v) is 9.31. The highest BCUT2D eigenvalue weighted by Crippen LogP contribution is 2.42. The molecule has 326 valence electrons. The lowest BCUT2D eigenvalue weighted by Gasteiger charge is -2.18. The summed E-state index contributed by atoms with van der Waals surface area (Å²) in [6.07, 6.45) is 3.69. The van der Waals surface area contributed by atoms with E-state index in [9.17, 15) is 0 Å². The molecule has 0 amide bonds. The summed E-state index contributed by atoms with van der Waals surface area (Å²) in [5.74, 6) is 3.35. The van der Waals surface area contributed by atoms with Gasteiger partial charge in [0.15, 0.2) is 34.9 Å². The highest BCUT2D eigenvalue weighted by molar-refractivity contribution is 6.11. The van der Waals surface area contributed by atoms with E-state index < -0.39 is 0 Å². The Bertz CT molecular complexity index is 3720. The van der Waals surface area contributed by atoms with Gasteiger partial charge in [0.25, 0.3) is 0 Å². The molecule has 0 fully saturated rings. The number of para-hydroxylation sites is 1. The molecule has 69 heavy (non-hydrogen) atoms. The van der Waals surface area contributed by atoms with E-state index in [1.807, 2.05) is 134 Å². The Labute approximate surface area is 399 Å². The maximum Gasteiger partial charge on any atom is 0.166 e. The van der Waals surface area contributed by atoms with Gasteiger partial charge in [-0.2, -0.15) is 0 Å². The molecular formula is C61H42N8. The molecule has 4 aromatic heterocycles. The molecule has 0 aliphatic carbocycles. The Hall–Kier alpha value is -9.27. The van der Waals surface area contributed by atoms with Crippen molar-refractivity contribution in [1.29, 1.82) is 0 Å². The smallest absolute Gasteiger partial charge is 0.166 e. The number of fused-ring (bicyclic) bond motifs is 3. The lowest BCUT2D eigenvalue weighted by Crippen LogP contribution is -2.04. The first kappa shape index (κ1) is 41.2. The lowest BCUT2D eigenvalue weighted by molar-refractivity contribution is 1.07. The van der Waals surface area contributed by atoms with Crippen molar-refractivity contribution >= 4 is 21.8 Å². The predicted molar refractivity (Wildman–Crippen MR) is 278 cm³/mol. The third-order valence-corrected chi connectivity index (χ3v) is 12.5. The minimum Gasteiger partial charge on any atom is -0.309 e. The predicted octanol–water partition coefficient (Wildman–Crippen LogP) is 14.5. The molecule has 0 atom stereocenters. The van der Waals surface area contributed by atoms with Crippen molar-refractivity contribution in [1.82, 2.24) is 39.5 Å². The van der Waals surface area contributed by atoms with Gasteiger partial charge in [0.2, 0.25) is 0 Å². The summed E-state index contributed by atoms with van der Waals surface area (Å²) in [6, 6.07) is 70.9. The number of nitrogens with zero attached hydrogens (tertiary/aromatic N) is 8. The normalized spacial score (nSPS) is 11.3. The number of hydrogen-bond acceptors (Lipinski definition) is 7. The van der Waals surface area contributed by atoms with Crippen LogP contribution in [0.4, 0.5) is 0 Å². The van der Waals surface area contributed by atoms with Gasteiger partial charge in [-0.05, 0) is 73.0 Å². The minimum absolute atomic E-state index is 0.500. The van der Waals surface area contributed by atoms with Crippen molar-refractivity contribution in [2.45, 2.75) is 13.8 Å². The second-order valence-electron chi connectivity index (χ2n) is 17.2. The van der Waals surface area contributed by atoms with Gasteiger partial charge in [0.05, 0.1) is 16.7 Å². The standard InChI is InChI=1S/C61H42N8/c1-39-33-40(2)35-47(34-39)45-27-29-55-51(36-45)49-25-15-16-26-53(49)69(55)54-30-28-46(60-65-56(41-17-7-3-8-18-41)63-57(66-60)42-19-9-4-10-20-42)37-50(54)48-31-32-62-38-52(48)61-67-58(43-21-11-5-12-22-43)64-59(68-61)44-23-13-6-14-24-44/h3-38H,1-2H3. The van der Waals surface area contributed by atoms with Crippen LogP contribution in [-0.2, 0) is 0 Å². The first-order valence-electron chi connectivity index (χ1n) is 23.0. The van der Waals surface area contributed by atoms with Gasteiger partial charge in [-0.1, -0.05) is 175 Å². The van der Waals surface area contributed by atoms with E-state index in [0.717, 1.165) is 72.0 Å². The Morgan fingerprint density at radius 1 is 0.304 bits per heavy atom. The van der Waals surface area contributed by atoms with E-state index in [-0.39, 0.29) is 0 Å². The van der Waals surface area contributed by atoms with E-state index in [2.05, 4.69) is 103 Å². The van der Waals surface area contributed by atoms with Crippen molar-refractivity contribution in [2.75, 3.05) is 0 Å². The van der Waals surface area contributed by atoms with E-state index in [0.29, 0.717) is 34.9 Å². The molecular weight excluding hydrogens is 845 g/mol. The second-order valence-corrected chi connectivity index (χ2v) is 17.2. The van der Waals surface area contributed by atoms with Crippen molar-refractivity contribution < 1.29 is 0 Å². The van der Waals surface area contributed by atoms with Crippen LogP contribution in [0.3, 0.4) is 0 Å². The molecule has 0 radical (unpaired) electrons. The highest BCUT2D eigenvalue weighted by Gasteiger charge is 2.23. The van der Waals surface area contributed by atoms with Crippen molar-refractivity contribution in [3.63, 3.8) is 0 Å². The van der Waals surface area contributed by atoms with E-state index >= 15 is 0 Å². The van der Waals surface area contributed by atoms with E-state index in [1.54, 1.807) is 0 Å². The Balaban J connectivity index is 1.13. The van der Waals surface area contributed by atoms with Gasteiger partial charge in [0, 0.05) is 62.1 Å². The number of aryl methyl sites for hydroxylation is 2. The first-order valence-corrected chi connectivity index (χ1v) is 23.0. The van der Waals surface area contributed by atoms with Gasteiger partial charge < -0.3 is 4.57 Å². The molecule has 0 N–H and O–H groups in total. The van der Waals surface area contributed by atoms with Gasteiger partial charge >= 0.3 is 0 Å². The Morgan fingerprint density at radius 2 is 0.768 bits per heavy atom. The third kappa shape index (κ3) is 7.89. The molecule has 8 aromatic carbocycles. The lowest BCUT2D eigenvalue weighted by atomic mass is 9.96. The average molecular weight is 887 g/mol. The maximum atomic E-state index is 5.20. The summed E-state index contributed by atoms with van der Waals surface area (Å²) < 4.78 is 2.37. The summed E-state index contributed by atoms with van der Waals surface area (Å²) in [4.78, 5) is 35.5. The third-order valence-electron chi connectivity index (χ3n) is 12.5. The summed E-state index contributed by atoms with van der Waals surface area (Å²) in [5, 5.41) is 2.31. The molecule has 8 heteroatoms. The molecule has 8 nitrogen and oxygen atoms in total. The maximum absolute atomic E-state index is 5.20. The number of hydrogen-bond donors (Lipinski definition) is 0. The van der Waals surface area contributed by atoms with Crippen LogP contribution in [0.5, 0.6) is 0 Å². The van der Waals surface area contributed by atoms with Crippen molar-refractivity contribution in [2.24, 2.45) is 0 Å². The molecule has 0 unspecified atom stereocenters. The summed E-state index contributed by atoms with van der Waals surface area (Å²) >= 11 is 0. The minimum atomic E-state index is 0.500. The fourth-order valence-electron chi connectivity index (χ4n) is 9.31. The van der Waals surface area contributed by atoms with Crippen LogP contribution in [-0.4, -0.2) is 39.5 Å². The van der Waals surface area contributed by atoms with Crippen molar-refractivity contribution in [3.8, 4) is 96.3 Å². The zero-order valence-electron chi connectivity index (χ0n) is 37.9. The Kier molecular flexibility index (Phi) is 10.5. The van der Waals surface area contributed by atoms with Crippen LogP contribution in [0.1, 0.15) is 11.1 Å². The molecule has 4 heterocycles. The first-order chi connectivity index (χ1) is 34.0. The molecule has 0 bridgehead atoms. The summed E-state index contributed by atoms with van der Waals surface area (Å²) in [7, 11) is 0. The topological polar surface area (TPSA) is 95.2 Å². The SMILES string of the molecule is Cc1cc(C)cc(-c2ccc3c(c2)c2ccccc2n3-c2ccc(-c3nc(-c4ccccc4)nc(-c4ccccc4)n3)cc2-c2ccncc2-c2nc(-c3ccccc3)nc(-c3ccccc3)n2)c1. The molecule has 0 saturated heterocycles. The van der Waals surface area contributed by atoms with Gasteiger partial charge in [-0.3, -0.25) is 4.98 Å². The molecule has 0 spiro atoms. The Morgan fingerprint density at radius 3 is 1.32 bits per heavy atom. The van der Waals surface area contributed by atoms with Gasteiger partial charge in [-0.25, -0.2) is 29.9 Å². The van der Waals surface area contributed by atoms with E-state index in [4.69, 9.17) is 34.9 Å². The number of rotatable bonds is 9. The highest BCUT2D eigenvalue weighted by atomic mass is 15.0. The summed E-state index contributed by atoms with van der Waals surface area (Å²) in [5.41, 5.74) is 14.9. The summed E-state index contributed by atoms with van der Waals surface area (Å²) in [6.45, 7) is 4.31. The monoisotopic (exact) mass is 886 g/mol. The van der Waals surface area contributed by atoms with Crippen LogP contribution >= 0.6 is 0 Å². The quantitative estimate of drug-likeness (QED) is 0.142. The zero-order chi connectivity index (χ0) is 46.3. The van der Waals surface area contributed by atoms with Crippen molar-refractivity contribution in [3.05, 3.63) is 230 Å². The van der Waals surface area contributed by atoms with Crippen LogP contribution < -0.4 is 0 Å². The number of aromatic nitrogens is 8. The molecule has 12 rings (SSSR count).